The Morgan fingerprint density at radius 3 is 2.67 bits per heavy atom. The fraction of sp³-hybridized carbons (Fsp3) is 0.333. The number of aryl methyl sites for hydroxylation is 1. The van der Waals surface area contributed by atoms with Crippen LogP contribution in [0.3, 0.4) is 0 Å². The Labute approximate surface area is 140 Å². The van der Waals surface area contributed by atoms with Crippen molar-refractivity contribution in [2.24, 2.45) is 5.14 Å². The zero-order chi connectivity index (χ0) is 17.9. The van der Waals surface area contributed by atoms with Gasteiger partial charge in [-0.15, -0.1) is 0 Å². The Morgan fingerprint density at radius 1 is 1.42 bits per heavy atom. The van der Waals surface area contributed by atoms with Gasteiger partial charge in [0.05, 0.1) is 23.3 Å². The molecule has 0 bridgehead atoms. The van der Waals surface area contributed by atoms with Crippen molar-refractivity contribution in [3.8, 4) is 5.75 Å². The molecule has 1 aromatic heterocycles. The van der Waals surface area contributed by atoms with E-state index in [1.165, 1.54) is 25.3 Å². The first-order valence-corrected chi connectivity index (χ1v) is 8.78. The van der Waals surface area contributed by atoms with Crippen molar-refractivity contribution < 1.29 is 17.9 Å². The fourth-order valence-electron chi connectivity index (χ4n) is 2.29. The molecule has 0 fully saturated rings. The highest BCUT2D eigenvalue weighted by atomic mass is 32.2. The van der Waals surface area contributed by atoms with Gasteiger partial charge in [-0.1, -0.05) is 0 Å². The molecule has 0 unspecified atom stereocenters. The number of benzene rings is 1. The molecule has 24 heavy (non-hydrogen) atoms. The minimum absolute atomic E-state index is 0.106. The number of ether oxygens (including phenoxy) is 1. The van der Waals surface area contributed by atoms with Gasteiger partial charge in [0.25, 0.3) is 5.91 Å². The lowest BCUT2D eigenvalue weighted by atomic mass is 10.1. The Bertz CT molecular complexity index is 845. The molecule has 0 aliphatic carbocycles. The predicted octanol–water partition coefficient (Wildman–Crippen LogP) is 0.735. The van der Waals surface area contributed by atoms with E-state index >= 15 is 0 Å². The summed E-state index contributed by atoms with van der Waals surface area (Å²) in [5.41, 5.74) is 1.87. The highest BCUT2D eigenvalue weighted by Gasteiger charge is 2.19. The van der Waals surface area contributed by atoms with Crippen molar-refractivity contribution in [2.45, 2.75) is 31.2 Å². The van der Waals surface area contributed by atoms with Crippen LogP contribution in [0.5, 0.6) is 5.75 Å². The Morgan fingerprint density at radius 2 is 2.12 bits per heavy atom. The van der Waals surface area contributed by atoms with E-state index in [0.29, 0.717) is 6.42 Å². The number of primary sulfonamides is 1. The minimum atomic E-state index is -3.91. The molecule has 8 nitrogen and oxygen atoms in total. The quantitative estimate of drug-likeness (QED) is 0.706. The van der Waals surface area contributed by atoms with Crippen molar-refractivity contribution in [1.82, 2.24) is 15.5 Å². The molecular formula is C15H20N4O4S. The van der Waals surface area contributed by atoms with E-state index < -0.39 is 15.9 Å². The van der Waals surface area contributed by atoms with Crippen LogP contribution in [-0.4, -0.2) is 37.7 Å². The minimum Gasteiger partial charge on any atom is -0.496 e. The number of H-pyrrole nitrogens is 1. The summed E-state index contributed by atoms with van der Waals surface area (Å²) in [7, 11) is -2.51. The number of carbonyl (C=O) groups excluding carboxylic acids is 1. The smallest absolute Gasteiger partial charge is 0.255 e. The van der Waals surface area contributed by atoms with Gasteiger partial charge >= 0.3 is 0 Å². The number of carbonyl (C=O) groups is 1. The zero-order valence-corrected chi connectivity index (χ0v) is 14.5. The number of amides is 1. The van der Waals surface area contributed by atoms with Crippen molar-refractivity contribution >= 4 is 15.9 Å². The average molecular weight is 352 g/mol. The molecule has 9 heteroatoms. The molecule has 1 aromatic carbocycles. The molecule has 2 aromatic rings. The van der Waals surface area contributed by atoms with E-state index in [1.807, 2.05) is 19.9 Å². The highest BCUT2D eigenvalue weighted by Crippen LogP contribution is 2.22. The molecule has 0 saturated heterocycles. The second-order valence-corrected chi connectivity index (χ2v) is 7.09. The number of methoxy groups -OCH3 is 1. The topological polar surface area (TPSA) is 127 Å². The molecule has 130 valence electrons. The van der Waals surface area contributed by atoms with Crippen LogP contribution in [0.1, 0.15) is 28.7 Å². The van der Waals surface area contributed by atoms with Gasteiger partial charge in [-0.2, -0.15) is 5.10 Å². The van der Waals surface area contributed by atoms with Crippen LogP contribution in [0.15, 0.2) is 29.2 Å². The molecule has 1 amide bonds. The van der Waals surface area contributed by atoms with Crippen LogP contribution < -0.4 is 15.2 Å². The second-order valence-electron chi connectivity index (χ2n) is 5.53. The zero-order valence-electron chi connectivity index (χ0n) is 13.7. The lowest BCUT2D eigenvalue weighted by molar-refractivity contribution is 0.0936. The average Bonchev–Trinajstić information content (AvgIpc) is 2.90. The summed E-state index contributed by atoms with van der Waals surface area (Å²) in [5.74, 6) is -0.181. The van der Waals surface area contributed by atoms with Crippen LogP contribution >= 0.6 is 0 Å². The Hall–Kier alpha value is -2.39. The van der Waals surface area contributed by atoms with Gasteiger partial charge in [0, 0.05) is 18.2 Å². The largest absolute Gasteiger partial charge is 0.496 e. The third-order valence-electron chi connectivity index (χ3n) is 3.40. The molecule has 0 aliphatic heterocycles. The van der Waals surface area contributed by atoms with Crippen molar-refractivity contribution in [3.63, 3.8) is 0 Å². The van der Waals surface area contributed by atoms with Gasteiger partial charge in [-0.25, -0.2) is 13.6 Å². The summed E-state index contributed by atoms with van der Waals surface area (Å²) in [4.78, 5) is 12.3. The molecule has 4 N–H and O–H groups in total. The standard InChI is InChI=1S/C15H20N4O4S/c1-9(6-11-7-10(2)18-19-11)17-15(20)13-8-12(24(16,21)22)4-5-14(13)23-3/h4-5,7-9H,6H2,1-3H3,(H,17,20)(H,18,19)(H2,16,21,22)/t9-/m1/s1. The van der Waals surface area contributed by atoms with E-state index in [0.717, 1.165) is 11.4 Å². The van der Waals surface area contributed by atoms with E-state index in [1.54, 1.807) is 0 Å². The first-order chi connectivity index (χ1) is 11.2. The molecule has 0 aliphatic rings. The first-order valence-electron chi connectivity index (χ1n) is 7.23. The Kier molecular flexibility index (Phi) is 5.25. The number of hydrogen-bond donors (Lipinski definition) is 3. The molecule has 0 radical (unpaired) electrons. The number of nitrogens with two attached hydrogens (primary N) is 1. The summed E-state index contributed by atoms with van der Waals surface area (Å²) < 4.78 is 28.1. The summed E-state index contributed by atoms with van der Waals surface area (Å²) in [6.45, 7) is 3.72. The maximum atomic E-state index is 12.5. The molecule has 1 atom stereocenters. The third kappa shape index (κ3) is 4.33. The maximum Gasteiger partial charge on any atom is 0.255 e. The van der Waals surface area contributed by atoms with Crippen LogP contribution in [-0.2, 0) is 16.4 Å². The summed E-state index contributed by atoms with van der Waals surface area (Å²) >= 11 is 0. The highest BCUT2D eigenvalue weighted by molar-refractivity contribution is 7.89. The van der Waals surface area contributed by atoms with Gasteiger partial charge in [0.15, 0.2) is 0 Å². The van der Waals surface area contributed by atoms with Gasteiger partial charge in [-0.3, -0.25) is 9.89 Å². The van der Waals surface area contributed by atoms with Gasteiger partial charge in [0.1, 0.15) is 5.75 Å². The number of aromatic amines is 1. The predicted molar refractivity (Wildman–Crippen MR) is 88.3 cm³/mol. The molecular weight excluding hydrogens is 332 g/mol. The van der Waals surface area contributed by atoms with Gasteiger partial charge < -0.3 is 10.1 Å². The van der Waals surface area contributed by atoms with Crippen molar-refractivity contribution in [2.75, 3.05) is 7.11 Å². The monoisotopic (exact) mass is 352 g/mol. The van der Waals surface area contributed by atoms with E-state index in [4.69, 9.17) is 9.88 Å². The van der Waals surface area contributed by atoms with Crippen LogP contribution in [0.2, 0.25) is 0 Å². The summed E-state index contributed by atoms with van der Waals surface area (Å²) in [5, 5.41) is 14.9. The number of sulfonamides is 1. The van der Waals surface area contributed by atoms with E-state index in [9.17, 15) is 13.2 Å². The number of rotatable bonds is 6. The van der Waals surface area contributed by atoms with Crippen molar-refractivity contribution in [1.29, 1.82) is 0 Å². The van der Waals surface area contributed by atoms with Gasteiger partial charge in [0.2, 0.25) is 10.0 Å². The SMILES string of the molecule is COc1ccc(S(N)(=O)=O)cc1C(=O)N[C@H](C)Cc1cc(C)[nH]n1. The maximum absolute atomic E-state index is 12.5. The molecule has 2 rings (SSSR count). The van der Waals surface area contributed by atoms with E-state index in [2.05, 4.69) is 15.5 Å². The Balaban J connectivity index is 2.18. The fourth-order valence-corrected chi connectivity index (χ4v) is 2.83. The third-order valence-corrected chi connectivity index (χ3v) is 4.31. The first kappa shape index (κ1) is 18.0. The normalized spacial score (nSPS) is 12.7. The summed E-state index contributed by atoms with van der Waals surface area (Å²) in [6, 6.07) is 5.58. The molecule has 0 saturated carbocycles. The number of nitrogens with zero attached hydrogens (tertiary/aromatic N) is 1. The van der Waals surface area contributed by atoms with Crippen molar-refractivity contribution in [3.05, 3.63) is 41.2 Å². The lowest BCUT2D eigenvalue weighted by Gasteiger charge is -2.15. The second kappa shape index (κ2) is 7.02. The van der Waals surface area contributed by atoms with Crippen LogP contribution in [0.25, 0.3) is 0 Å². The number of nitrogens with one attached hydrogen (secondary N) is 2. The number of aromatic nitrogens is 2. The van der Waals surface area contributed by atoms with Crippen LogP contribution in [0.4, 0.5) is 0 Å². The van der Waals surface area contributed by atoms with Gasteiger partial charge in [-0.05, 0) is 38.1 Å². The molecule has 0 spiro atoms. The number of hydrogen-bond acceptors (Lipinski definition) is 5. The summed E-state index contributed by atoms with van der Waals surface area (Å²) in [6.07, 6.45) is 0.535. The van der Waals surface area contributed by atoms with Crippen LogP contribution in [0, 0.1) is 6.92 Å². The van der Waals surface area contributed by atoms with E-state index in [-0.39, 0.29) is 22.3 Å². The lowest BCUT2D eigenvalue weighted by Crippen LogP contribution is -2.34. The molecule has 1 heterocycles.